The second-order valence-electron chi connectivity index (χ2n) is 3.38. The van der Waals surface area contributed by atoms with E-state index in [2.05, 4.69) is 16.2 Å². The molecule has 0 bridgehead atoms. The highest BCUT2D eigenvalue weighted by Gasteiger charge is 2.09. The van der Waals surface area contributed by atoms with Gasteiger partial charge in [0, 0.05) is 13.0 Å². The summed E-state index contributed by atoms with van der Waals surface area (Å²) in [5, 5.41) is 13.7. The normalized spacial score (nSPS) is 9.65. The van der Waals surface area contributed by atoms with E-state index in [1.165, 1.54) is 12.1 Å². The summed E-state index contributed by atoms with van der Waals surface area (Å²) in [7, 11) is 0. The van der Waals surface area contributed by atoms with Gasteiger partial charge in [-0.05, 0) is 12.8 Å². The zero-order valence-electron chi connectivity index (χ0n) is 9.15. The molecule has 1 heterocycles. The third kappa shape index (κ3) is 4.70. The van der Waals surface area contributed by atoms with E-state index in [1.54, 1.807) is 0 Å². The van der Waals surface area contributed by atoms with Crippen LogP contribution in [0.2, 0.25) is 5.15 Å². The number of nitro groups is 1. The molecule has 0 unspecified atom stereocenters. The molecule has 0 spiro atoms. The SMILES string of the molecule is C#CCCCCNc1cc([N+](=O)[O-])cc(Cl)n1. The number of anilines is 1. The first-order valence-electron chi connectivity index (χ1n) is 5.13. The van der Waals surface area contributed by atoms with Crippen LogP contribution in [0.1, 0.15) is 19.3 Å². The molecular weight excluding hydrogens is 242 g/mol. The Labute approximate surface area is 104 Å². The van der Waals surface area contributed by atoms with Crippen LogP contribution in [0.15, 0.2) is 12.1 Å². The second kappa shape index (κ2) is 6.71. The van der Waals surface area contributed by atoms with Gasteiger partial charge >= 0.3 is 0 Å². The van der Waals surface area contributed by atoms with E-state index in [0.717, 1.165) is 19.3 Å². The molecule has 6 heteroatoms. The molecule has 0 fully saturated rings. The van der Waals surface area contributed by atoms with E-state index in [0.29, 0.717) is 12.4 Å². The summed E-state index contributed by atoms with van der Waals surface area (Å²) in [4.78, 5) is 14.0. The first kappa shape index (κ1) is 13.3. The Bertz CT molecular complexity index is 443. The molecular formula is C11H12ClN3O2. The lowest BCUT2D eigenvalue weighted by atomic mass is 10.2. The zero-order valence-corrected chi connectivity index (χ0v) is 9.91. The molecule has 17 heavy (non-hydrogen) atoms. The molecule has 0 atom stereocenters. The van der Waals surface area contributed by atoms with Crippen molar-refractivity contribution in [1.82, 2.24) is 4.98 Å². The first-order chi connectivity index (χ1) is 8.13. The highest BCUT2D eigenvalue weighted by Crippen LogP contribution is 2.20. The molecule has 90 valence electrons. The lowest BCUT2D eigenvalue weighted by molar-refractivity contribution is -0.384. The lowest BCUT2D eigenvalue weighted by Gasteiger charge is -2.04. The zero-order chi connectivity index (χ0) is 12.7. The second-order valence-corrected chi connectivity index (χ2v) is 3.77. The number of rotatable bonds is 6. The van der Waals surface area contributed by atoms with Crippen LogP contribution >= 0.6 is 11.6 Å². The van der Waals surface area contributed by atoms with Gasteiger partial charge < -0.3 is 5.32 Å². The van der Waals surface area contributed by atoms with Crippen LogP contribution in [-0.2, 0) is 0 Å². The molecule has 0 radical (unpaired) electrons. The standard InChI is InChI=1S/C11H12ClN3O2/c1-2-3-4-5-6-13-11-8-9(15(16)17)7-10(12)14-11/h1,7-8H,3-6H2,(H,13,14). The maximum Gasteiger partial charge on any atom is 0.276 e. The minimum Gasteiger partial charge on any atom is -0.370 e. The van der Waals surface area contributed by atoms with Gasteiger partial charge in [-0.15, -0.1) is 12.3 Å². The van der Waals surface area contributed by atoms with Gasteiger partial charge in [-0.25, -0.2) is 4.98 Å². The fraction of sp³-hybridized carbons (Fsp3) is 0.364. The van der Waals surface area contributed by atoms with Gasteiger partial charge in [0.15, 0.2) is 0 Å². The summed E-state index contributed by atoms with van der Waals surface area (Å²) in [6.45, 7) is 0.659. The Hall–Kier alpha value is -1.80. The summed E-state index contributed by atoms with van der Waals surface area (Å²) >= 11 is 5.67. The predicted molar refractivity (Wildman–Crippen MR) is 67.1 cm³/mol. The van der Waals surface area contributed by atoms with Crippen LogP contribution in [0.25, 0.3) is 0 Å². The molecule has 5 nitrogen and oxygen atoms in total. The summed E-state index contributed by atoms with van der Waals surface area (Å²) < 4.78 is 0. The van der Waals surface area contributed by atoms with E-state index < -0.39 is 4.92 Å². The van der Waals surface area contributed by atoms with Gasteiger partial charge in [-0.3, -0.25) is 10.1 Å². The highest BCUT2D eigenvalue weighted by molar-refractivity contribution is 6.29. The van der Waals surface area contributed by atoms with Crippen LogP contribution in [-0.4, -0.2) is 16.5 Å². The summed E-state index contributed by atoms with van der Waals surface area (Å²) in [5.74, 6) is 2.95. The molecule has 1 aromatic heterocycles. The lowest BCUT2D eigenvalue weighted by Crippen LogP contribution is -2.04. The summed E-state index contributed by atoms with van der Waals surface area (Å²) in [6.07, 6.45) is 7.64. The average Bonchev–Trinajstić information content (AvgIpc) is 2.28. The number of hydrogen-bond acceptors (Lipinski definition) is 4. The fourth-order valence-electron chi connectivity index (χ4n) is 1.25. The molecule has 0 amide bonds. The number of unbranched alkanes of at least 4 members (excludes halogenated alkanes) is 2. The smallest absolute Gasteiger partial charge is 0.276 e. The van der Waals surface area contributed by atoms with Crippen molar-refractivity contribution >= 4 is 23.1 Å². The van der Waals surface area contributed by atoms with Crippen molar-refractivity contribution in [1.29, 1.82) is 0 Å². The van der Waals surface area contributed by atoms with E-state index >= 15 is 0 Å². The van der Waals surface area contributed by atoms with Crippen LogP contribution in [0, 0.1) is 22.5 Å². The molecule has 1 rings (SSSR count). The fourth-order valence-corrected chi connectivity index (χ4v) is 1.45. The average molecular weight is 254 g/mol. The maximum absolute atomic E-state index is 10.6. The Kier molecular flexibility index (Phi) is 5.24. The quantitative estimate of drug-likeness (QED) is 0.278. The van der Waals surface area contributed by atoms with Gasteiger partial charge in [0.1, 0.15) is 11.0 Å². The maximum atomic E-state index is 10.6. The molecule has 1 aromatic rings. The van der Waals surface area contributed by atoms with Gasteiger partial charge in [0.2, 0.25) is 0 Å². The van der Waals surface area contributed by atoms with Crippen molar-refractivity contribution in [3.8, 4) is 12.3 Å². The van der Waals surface area contributed by atoms with E-state index in [1.807, 2.05) is 0 Å². The van der Waals surface area contributed by atoms with Crippen molar-refractivity contribution in [2.75, 3.05) is 11.9 Å². The number of aromatic nitrogens is 1. The van der Waals surface area contributed by atoms with Crippen molar-refractivity contribution in [3.63, 3.8) is 0 Å². The van der Waals surface area contributed by atoms with E-state index in [-0.39, 0.29) is 10.8 Å². The molecule has 0 aliphatic rings. The minimum atomic E-state index is -0.503. The van der Waals surface area contributed by atoms with Crippen molar-refractivity contribution in [2.24, 2.45) is 0 Å². The number of nitrogens with one attached hydrogen (secondary N) is 1. The Morgan fingerprint density at radius 1 is 1.53 bits per heavy atom. The van der Waals surface area contributed by atoms with E-state index in [4.69, 9.17) is 18.0 Å². The third-order valence-electron chi connectivity index (χ3n) is 2.04. The largest absolute Gasteiger partial charge is 0.370 e. The van der Waals surface area contributed by atoms with Gasteiger partial charge in [-0.1, -0.05) is 11.6 Å². The van der Waals surface area contributed by atoms with Crippen LogP contribution in [0.3, 0.4) is 0 Å². The number of pyridine rings is 1. The monoisotopic (exact) mass is 253 g/mol. The van der Waals surface area contributed by atoms with Crippen molar-refractivity contribution < 1.29 is 4.92 Å². The molecule has 0 saturated carbocycles. The number of halogens is 1. The van der Waals surface area contributed by atoms with Crippen molar-refractivity contribution in [2.45, 2.75) is 19.3 Å². The van der Waals surface area contributed by atoms with Gasteiger partial charge in [0.25, 0.3) is 5.69 Å². The van der Waals surface area contributed by atoms with Crippen LogP contribution < -0.4 is 5.32 Å². The minimum absolute atomic E-state index is 0.0730. The molecule has 0 aliphatic heterocycles. The van der Waals surface area contributed by atoms with Gasteiger partial charge in [0.05, 0.1) is 17.1 Å². The Morgan fingerprint density at radius 3 is 2.94 bits per heavy atom. The van der Waals surface area contributed by atoms with Crippen LogP contribution in [0.5, 0.6) is 0 Å². The third-order valence-corrected chi connectivity index (χ3v) is 2.24. The Balaban J connectivity index is 2.53. The summed E-state index contributed by atoms with van der Waals surface area (Å²) in [6, 6.07) is 2.57. The molecule has 0 aromatic carbocycles. The number of terminal acetylenes is 1. The number of hydrogen-bond donors (Lipinski definition) is 1. The summed E-state index contributed by atoms with van der Waals surface area (Å²) in [5.41, 5.74) is -0.0730. The topological polar surface area (TPSA) is 68.1 Å². The number of nitrogens with zero attached hydrogens (tertiary/aromatic N) is 2. The molecule has 0 aliphatic carbocycles. The molecule has 1 N–H and O–H groups in total. The predicted octanol–water partition coefficient (Wildman–Crippen LogP) is 2.86. The highest BCUT2D eigenvalue weighted by atomic mass is 35.5. The van der Waals surface area contributed by atoms with Crippen molar-refractivity contribution in [3.05, 3.63) is 27.4 Å². The van der Waals surface area contributed by atoms with Crippen LogP contribution in [0.4, 0.5) is 11.5 Å². The Morgan fingerprint density at radius 2 is 2.29 bits per heavy atom. The first-order valence-corrected chi connectivity index (χ1v) is 5.50. The molecule has 0 saturated heterocycles. The van der Waals surface area contributed by atoms with E-state index in [9.17, 15) is 10.1 Å². The van der Waals surface area contributed by atoms with Gasteiger partial charge in [-0.2, -0.15) is 0 Å².